The molecule has 61 heavy (non-hydrogen) atoms. The van der Waals surface area contributed by atoms with Crippen LogP contribution in [0.1, 0.15) is 101 Å². The number of benzene rings is 3. The number of nitriles is 1. The van der Waals surface area contributed by atoms with Gasteiger partial charge in [0, 0.05) is 67.9 Å². The number of ether oxygens (including phenoxy) is 1. The number of halogens is 2. The summed E-state index contributed by atoms with van der Waals surface area (Å²) in [4.78, 5) is 71.4. The molecule has 15 heteroatoms. The zero-order chi connectivity index (χ0) is 42.4. The number of amides is 5. The molecule has 1 saturated carbocycles. The molecule has 0 aromatic heterocycles. The van der Waals surface area contributed by atoms with Crippen LogP contribution < -0.4 is 25.2 Å². The minimum absolute atomic E-state index is 0.0256. The maximum absolute atomic E-state index is 15.5. The normalized spacial score (nSPS) is 24.3. The van der Waals surface area contributed by atoms with Crippen molar-refractivity contribution in [2.24, 2.45) is 11.3 Å². The molecule has 0 bridgehead atoms. The Morgan fingerprint density at radius 1 is 0.869 bits per heavy atom. The predicted molar refractivity (Wildman–Crippen MR) is 225 cm³/mol. The second-order valence-corrected chi connectivity index (χ2v) is 18.2. The van der Waals surface area contributed by atoms with E-state index in [2.05, 4.69) is 38.6 Å². The Bertz CT molecular complexity index is 2290. The third-order valence-corrected chi connectivity index (χ3v) is 14.1. The van der Waals surface area contributed by atoms with E-state index >= 15 is 4.39 Å². The Balaban J connectivity index is 0.692. The summed E-state index contributed by atoms with van der Waals surface area (Å²) in [5, 5.41) is 14.9. The first-order valence-electron chi connectivity index (χ1n) is 21.5. The zero-order valence-corrected chi connectivity index (χ0v) is 34.7. The van der Waals surface area contributed by atoms with Gasteiger partial charge in [0.05, 0.1) is 33.5 Å². The maximum Gasteiger partial charge on any atom is 0.262 e. The van der Waals surface area contributed by atoms with Gasteiger partial charge in [0.15, 0.2) is 0 Å². The molecular weight excluding hydrogens is 801 g/mol. The lowest BCUT2D eigenvalue weighted by atomic mass is 9.71. The quantitative estimate of drug-likeness (QED) is 0.257. The van der Waals surface area contributed by atoms with Gasteiger partial charge in [-0.25, -0.2) is 4.39 Å². The molecule has 1 aliphatic carbocycles. The summed E-state index contributed by atoms with van der Waals surface area (Å²) in [5.74, 6) is -1.83. The van der Waals surface area contributed by atoms with Crippen LogP contribution in [0.4, 0.5) is 15.8 Å². The molecule has 5 aliphatic heterocycles. The van der Waals surface area contributed by atoms with Crippen molar-refractivity contribution in [1.82, 2.24) is 20.4 Å². The van der Waals surface area contributed by atoms with Crippen LogP contribution in [0.3, 0.4) is 0 Å². The van der Waals surface area contributed by atoms with E-state index in [1.807, 2.05) is 17.0 Å². The molecule has 1 unspecified atom stereocenters. The Kier molecular flexibility index (Phi) is 11.2. The largest absolute Gasteiger partial charge is 0.490 e. The van der Waals surface area contributed by atoms with Gasteiger partial charge in [0.1, 0.15) is 23.7 Å². The molecule has 6 aliphatic rings. The Hall–Kier alpha value is -5.52. The highest BCUT2D eigenvalue weighted by molar-refractivity contribution is 6.31. The third kappa shape index (κ3) is 8.30. The van der Waals surface area contributed by atoms with Crippen LogP contribution in [0.2, 0.25) is 5.02 Å². The second kappa shape index (κ2) is 16.7. The fourth-order valence-electron chi connectivity index (χ4n) is 10.2. The van der Waals surface area contributed by atoms with E-state index in [-0.39, 0.29) is 47.4 Å². The molecule has 1 atom stereocenters. The fraction of sp³-hybridized carbons (Fsp3) is 0.478. The van der Waals surface area contributed by atoms with Gasteiger partial charge in [0.2, 0.25) is 11.8 Å². The topological polar surface area (TPSA) is 155 Å². The van der Waals surface area contributed by atoms with Crippen LogP contribution >= 0.6 is 11.6 Å². The van der Waals surface area contributed by atoms with Gasteiger partial charge in [-0.15, -0.1) is 0 Å². The van der Waals surface area contributed by atoms with Crippen molar-refractivity contribution in [1.29, 1.82) is 5.26 Å². The average molecular weight is 850 g/mol. The van der Waals surface area contributed by atoms with Gasteiger partial charge < -0.3 is 24.8 Å². The number of hydrogen-bond donors (Lipinski definition) is 2. The third-order valence-electron chi connectivity index (χ3n) is 13.8. The summed E-state index contributed by atoms with van der Waals surface area (Å²) in [6, 6.07) is 16.7. The summed E-state index contributed by atoms with van der Waals surface area (Å²) in [7, 11) is 0. The van der Waals surface area contributed by atoms with E-state index < -0.39 is 35.5 Å². The summed E-state index contributed by atoms with van der Waals surface area (Å²) in [6.07, 6.45) is 7.64. The number of hydrogen-bond acceptors (Lipinski definition) is 10. The molecule has 0 radical (unpaired) electrons. The molecule has 1 spiro atoms. The molecular formula is C46H49ClFN7O6. The number of fused-ring (bicyclic) bond motifs is 1. The highest BCUT2D eigenvalue weighted by Crippen LogP contribution is 2.45. The molecule has 3 aromatic rings. The van der Waals surface area contributed by atoms with Crippen LogP contribution in [0.5, 0.6) is 5.75 Å². The molecule has 3 aromatic carbocycles. The van der Waals surface area contributed by atoms with Gasteiger partial charge in [0.25, 0.3) is 17.7 Å². The smallest absolute Gasteiger partial charge is 0.262 e. The summed E-state index contributed by atoms with van der Waals surface area (Å²) in [5.41, 5.74) is 2.65. The molecule has 5 amide bonds. The van der Waals surface area contributed by atoms with E-state index in [4.69, 9.17) is 21.6 Å². The number of carbonyl (C=O) groups is 5. The van der Waals surface area contributed by atoms with E-state index in [9.17, 15) is 24.0 Å². The van der Waals surface area contributed by atoms with Crippen molar-refractivity contribution >= 4 is 52.5 Å². The van der Waals surface area contributed by atoms with Crippen LogP contribution in [0.25, 0.3) is 0 Å². The van der Waals surface area contributed by atoms with Crippen molar-refractivity contribution in [3.05, 3.63) is 87.7 Å². The maximum atomic E-state index is 15.5. The highest BCUT2D eigenvalue weighted by Gasteiger charge is 2.48. The number of piperidine rings is 3. The van der Waals surface area contributed by atoms with E-state index in [1.54, 1.807) is 18.2 Å². The molecule has 9 rings (SSSR count). The molecule has 13 nitrogen and oxygen atoms in total. The van der Waals surface area contributed by atoms with Crippen molar-refractivity contribution in [3.63, 3.8) is 0 Å². The first-order chi connectivity index (χ1) is 29.5. The van der Waals surface area contributed by atoms with Crippen molar-refractivity contribution in [2.45, 2.75) is 82.4 Å². The lowest BCUT2D eigenvalue weighted by Gasteiger charge is -2.55. The summed E-state index contributed by atoms with van der Waals surface area (Å²) < 4.78 is 21.6. The van der Waals surface area contributed by atoms with Crippen LogP contribution in [0, 0.1) is 28.5 Å². The number of rotatable bonds is 9. The lowest BCUT2D eigenvalue weighted by Crippen LogP contribution is -2.61. The van der Waals surface area contributed by atoms with Gasteiger partial charge in [-0.2, -0.15) is 5.26 Å². The molecule has 318 valence electrons. The standard InChI is InChI=1S/C46H49ClFN7O6/c47-37-21-34(8-3-30(37)24-49)61-33-9-4-31(5-10-33)50-42(57)29-1-6-32(7-2-29)53-17-13-28(14-18-53)25-52-19-15-46(16-20-52)26-54(27-46)40-23-36-35(22-38(40)48)44(59)55(45(36)60)39-11-12-41(56)51-43(39)58/h1-3,6-8,21-23,28,31,33,39H,4-5,9-20,25-27H2,(H,50,57)(H,51,56,58). The van der Waals surface area contributed by atoms with Gasteiger partial charge in [-0.3, -0.25) is 34.2 Å². The highest BCUT2D eigenvalue weighted by atomic mass is 35.5. The molecule has 5 fully saturated rings. The van der Waals surface area contributed by atoms with Crippen molar-refractivity contribution in [2.75, 3.05) is 55.6 Å². The number of anilines is 2. The van der Waals surface area contributed by atoms with E-state index in [0.717, 1.165) is 101 Å². The number of likely N-dealkylation sites (tertiary alicyclic amines) is 1. The average Bonchev–Trinajstić information content (AvgIpc) is 3.48. The zero-order valence-electron chi connectivity index (χ0n) is 34.0. The summed E-state index contributed by atoms with van der Waals surface area (Å²) in [6.45, 7) is 6.34. The first-order valence-corrected chi connectivity index (χ1v) is 21.9. The monoisotopic (exact) mass is 849 g/mol. The van der Waals surface area contributed by atoms with Gasteiger partial charge >= 0.3 is 0 Å². The van der Waals surface area contributed by atoms with Crippen molar-refractivity contribution in [3.8, 4) is 11.8 Å². The van der Waals surface area contributed by atoms with Crippen molar-refractivity contribution < 1.29 is 33.1 Å². The van der Waals surface area contributed by atoms with Gasteiger partial charge in [-0.05, 0) is 125 Å². The summed E-state index contributed by atoms with van der Waals surface area (Å²) >= 11 is 6.16. The number of nitrogens with one attached hydrogen (secondary N) is 2. The second-order valence-electron chi connectivity index (χ2n) is 17.7. The SMILES string of the molecule is N#Cc1ccc(OC2CCC(NC(=O)c3ccc(N4CCC(CN5CCC6(CC5)CN(c5cc7c(cc5F)C(=O)N(C5CCC(=O)NC5=O)C7=O)C6)CC4)cc3)CC2)cc1Cl. The molecule has 2 N–H and O–H groups in total. The Morgan fingerprint density at radius 3 is 2.21 bits per heavy atom. The lowest BCUT2D eigenvalue weighted by molar-refractivity contribution is -0.136. The van der Waals surface area contributed by atoms with Crippen LogP contribution in [-0.2, 0) is 9.59 Å². The molecule has 5 heterocycles. The minimum Gasteiger partial charge on any atom is -0.490 e. The van der Waals surface area contributed by atoms with Gasteiger partial charge in [-0.1, -0.05) is 11.6 Å². The minimum atomic E-state index is -1.09. The van der Waals surface area contributed by atoms with Crippen LogP contribution in [0.15, 0.2) is 54.6 Å². The van der Waals surface area contributed by atoms with Crippen LogP contribution in [-0.4, -0.2) is 103 Å². The first kappa shape index (κ1) is 40.9. The van der Waals surface area contributed by atoms with E-state index in [1.165, 1.54) is 6.07 Å². The molecule has 4 saturated heterocycles. The number of carbonyl (C=O) groups excluding carboxylic acids is 5. The van der Waals surface area contributed by atoms with E-state index in [0.29, 0.717) is 46.6 Å². The Labute approximate surface area is 359 Å². The predicted octanol–water partition coefficient (Wildman–Crippen LogP) is 5.69. The number of nitrogens with zero attached hydrogens (tertiary/aromatic N) is 5. The Morgan fingerprint density at radius 2 is 1.56 bits per heavy atom. The fourth-order valence-corrected chi connectivity index (χ4v) is 10.4. The number of imide groups is 2.